The summed E-state index contributed by atoms with van der Waals surface area (Å²) in [5.41, 5.74) is 1.84. The third-order valence-corrected chi connectivity index (χ3v) is 4.24. The van der Waals surface area contributed by atoms with Gasteiger partial charge in [-0.25, -0.2) is 0 Å². The Morgan fingerprint density at radius 1 is 1.20 bits per heavy atom. The lowest BCUT2D eigenvalue weighted by atomic mass is 9.70. The van der Waals surface area contributed by atoms with Crippen molar-refractivity contribution in [1.82, 2.24) is 0 Å². The average molecular weight is 223 g/mol. The molecular weight excluding hydrogens is 204 g/mol. The molecule has 1 fully saturated rings. The molecule has 0 atom stereocenters. The number of rotatable bonds is 2. The second-order valence-electron chi connectivity index (χ2n) is 5.03. The molecule has 0 aromatic heterocycles. The molecule has 1 aromatic carbocycles. The van der Waals surface area contributed by atoms with Crippen LogP contribution < -0.4 is 0 Å². The first kappa shape index (κ1) is 11.0. The van der Waals surface area contributed by atoms with E-state index < -0.39 is 0 Å². The van der Waals surface area contributed by atoms with Crippen molar-refractivity contribution in [2.75, 3.05) is 0 Å². The average Bonchev–Trinajstić information content (AvgIpc) is 2.67. The highest BCUT2D eigenvalue weighted by Gasteiger charge is 2.38. The lowest BCUT2D eigenvalue weighted by Crippen LogP contribution is -2.28. The topological polar surface area (TPSA) is 0 Å². The zero-order chi connectivity index (χ0) is 10.9. The van der Waals surface area contributed by atoms with E-state index in [2.05, 4.69) is 32.0 Å². The smallest absolute Gasteiger partial charge is 0.0408 e. The lowest BCUT2D eigenvalue weighted by Gasteiger charge is -2.34. The third-order valence-electron chi connectivity index (χ3n) is 4.00. The van der Waals surface area contributed by atoms with Gasteiger partial charge in [0.05, 0.1) is 0 Å². The maximum absolute atomic E-state index is 6.09. The van der Waals surface area contributed by atoms with Gasteiger partial charge in [-0.05, 0) is 41.9 Å². The van der Waals surface area contributed by atoms with Crippen LogP contribution >= 0.6 is 11.6 Å². The van der Waals surface area contributed by atoms with E-state index in [9.17, 15) is 0 Å². The minimum atomic E-state index is 0.394. The van der Waals surface area contributed by atoms with Gasteiger partial charge in [0.15, 0.2) is 0 Å². The first-order valence-electron chi connectivity index (χ1n) is 5.91. The molecule has 1 aliphatic carbocycles. The van der Waals surface area contributed by atoms with Gasteiger partial charge in [-0.15, -0.1) is 0 Å². The summed E-state index contributed by atoms with van der Waals surface area (Å²) in [5, 5.41) is 0.874. The van der Waals surface area contributed by atoms with E-state index in [0.717, 1.165) is 5.02 Å². The van der Waals surface area contributed by atoms with Gasteiger partial charge >= 0.3 is 0 Å². The van der Waals surface area contributed by atoms with Crippen molar-refractivity contribution in [3.05, 3.63) is 34.9 Å². The second-order valence-corrected chi connectivity index (χ2v) is 5.46. The fourth-order valence-electron chi connectivity index (χ4n) is 3.00. The first-order valence-corrected chi connectivity index (χ1v) is 6.29. The lowest BCUT2D eigenvalue weighted by molar-refractivity contribution is 0.314. The Morgan fingerprint density at radius 3 is 2.40 bits per heavy atom. The molecule has 0 heterocycles. The van der Waals surface area contributed by atoms with Crippen molar-refractivity contribution in [2.24, 2.45) is 5.92 Å². The Bertz CT molecular complexity index is 335. The summed E-state index contributed by atoms with van der Waals surface area (Å²) in [5.74, 6) is 0.707. The molecular formula is C14H19Cl. The van der Waals surface area contributed by atoms with E-state index in [4.69, 9.17) is 11.6 Å². The normalized spacial score (nSPS) is 19.7. The van der Waals surface area contributed by atoms with E-state index in [1.165, 1.54) is 31.2 Å². The van der Waals surface area contributed by atoms with Gasteiger partial charge < -0.3 is 0 Å². The molecule has 1 aromatic rings. The fraction of sp³-hybridized carbons (Fsp3) is 0.571. The van der Waals surface area contributed by atoms with E-state index >= 15 is 0 Å². The maximum Gasteiger partial charge on any atom is 0.0408 e. The van der Waals surface area contributed by atoms with Crippen molar-refractivity contribution < 1.29 is 0 Å². The molecule has 0 N–H and O–H groups in total. The summed E-state index contributed by atoms with van der Waals surface area (Å²) in [6.07, 6.45) is 5.38. The highest BCUT2D eigenvalue weighted by Crippen LogP contribution is 2.46. The molecule has 15 heavy (non-hydrogen) atoms. The minimum Gasteiger partial charge on any atom is -0.0843 e. The number of hydrogen-bond acceptors (Lipinski definition) is 0. The molecule has 0 aliphatic heterocycles. The van der Waals surface area contributed by atoms with E-state index in [-0.39, 0.29) is 0 Å². The Labute approximate surface area is 97.6 Å². The van der Waals surface area contributed by atoms with Crippen molar-refractivity contribution in [3.8, 4) is 0 Å². The van der Waals surface area contributed by atoms with Crippen LogP contribution in [-0.2, 0) is 5.41 Å². The van der Waals surface area contributed by atoms with Gasteiger partial charge in [-0.1, -0.05) is 50.4 Å². The highest BCUT2D eigenvalue weighted by atomic mass is 35.5. The van der Waals surface area contributed by atoms with Crippen LogP contribution in [0.1, 0.15) is 45.1 Å². The zero-order valence-corrected chi connectivity index (χ0v) is 10.3. The molecule has 0 nitrogen and oxygen atoms in total. The molecule has 0 spiro atoms. The quantitative estimate of drug-likeness (QED) is 0.674. The molecule has 0 bridgehead atoms. The van der Waals surface area contributed by atoms with Crippen LogP contribution in [0.5, 0.6) is 0 Å². The Balaban J connectivity index is 2.41. The maximum atomic E-state index is 6.09. The van der Waals surface area contributed by atoms with Crippen LogP contribution in [0.3, 0.4) is 0 Å². The molecule has 2 rings (SSSR count). The summed E-state index contributed by atoms with van der Waals surface area (Å²) in [6.45, 7) is 4.68. The summed E-state index contributed by atoms with van der Waals surface area (Å²) >= 11 is 6.09. The Morgan fingerprint density at radius 2 is 1.87 bits per heavy atom. The van der Waals surface area contributed by atoms with Crippen molar-refractivity contribution in [2.45, 2.75) is 44.9 Å². The fourth-order valence-corrected chi connectivity index (χ4v) is 3.19. The predicted molar refractivity (Wildman–Crippen MR) is 66.4 cm³/mol. The van der Waals surface area contributed by atoms with E-state index in [1.807, 2.05) is 6.07 Å². The van der Waals surface area contributed by atoms with Crippen LogP contribution in [-0.4, -0.2) is 0 Å². The number of hydrogen-bond donors (Lipinski definition) is 0. The number of halogens is 1. The standard InChI is InChI=1S/C14H19Cl/c1-11(2)14(8-3-4-9-14)12-6-5-7-13(15)10-12/h5-7,10-11H,3-4,8-9H2,1-2H3. The van der Waals surface area contributed by atoms with Gasteiger partial charge in [0.2, 0.25) is 0 Å². The largest absolute Gasteiger partial charge is 0.0843 e. The third kappa shape index (κ3) is 1.92. The van der Waals surface area contributed by atoms with Crippen LogP contribution in [0.25, 0.3) is 0 Å². The van der Waals surface area contributed by atoms with Gasteiger partial charge in [-0.3, -0.25) is 0 Å². The Hall–Kier alpha value is -0.490. The summed E-state index contributed by atoms with van der Waals surface area (Å²) in [7, 11) is 0. The summed E-state index contributed by atoms with van der Waals surface area (Å²) in [6, 6.07) is 8.46. The molecule has 1 heteroatoms. The van der Waals surface area contributed by atoms with Crippen molar-refractivity contribution in [3.63, 3.8) is 0 Å². The van der Waals surface area contributed by atoms with Crippen LogP contribution in [0.15, 0.2) is 24.3 Å². The molecule has 0 unspecified atom stereocenters. The number of benzene rings is 1. The minimum absolute atomic E-state index is 0.394. The molecule has 0 radical (unpaired) electrons. The van der Waals surface area contributed by atoms with Gasteiger partial charge in [-0.2, -0.15) is 0 Å². The monoisotopic (exact) mass is 222 g/mol. The van der Waals surface area contributed by atoms with Crippen LogP contribution in [0.2, 0.25) is 5.02 Å². The molecule has 82 valence electrons. The first-order chi connectivity index (χ1) is 7.15. The second kappa shape index (κ2) is 4.17. The molecule has 0 saturated heterocycles. The van der Waals surface area contributed by atoms with Crippen molar-refractivity contribution in [1.29, 1.82) is 0 Å². The van der Waals surface area contributed by atoms with Gasteiger partial charge in [0, 0.05) is 5.02 Å². The molecule has 1 saturated carbocycles. The molecule has 0 amide bonds. The van der Waals surface area contributed by atoms with Crippen LogP contribution in [0, 0.1) is 5.92 Å². The van der Waals surface area contributed by atoms with Gasteiger partial charge in [0.1, 0.15) is 0 Å². The highest BCUT2D eigenvalue weighted by molar-refractivity contribution is 6.30. The van der Waals surface area contributed by atoms with E-state index in [0.29, 0.717) is 11.3 Å². The van der Waals surface area contributed by atoms with Crippen molar-refractivity contribution >= 4 is 11.6 Å². The Kier molecular flexibility index (Phi) is 3.06. The van der Waals surface area contributed by atoms with E-state index in [1.54, 1.807) is 0 Å². The SMILES string of the molecule is CC(C)C1(c2cccc(Cl)c2)CCCC1. The molecule has 1 aliphatic rings. The summed E-state index contributed by atoms with van der Waals surface area (Å²) < 4.78 is 0. The summed E-state index contributed by atoms with van der Waals surface area (Å²) in [4.78, 5) is 0. The van der Waals surface area contributed by atoms with Crippen LogP contribution in [0.4, 0.5) is 0 Å². The predicted octanol–water partition coefficient (Wildman–Crippen LogP) is 4.81. The zero-order valence-electron chi connectivity index (χ0n) is 9.59. The van der Waals surface area contributed by atoms with Gasteiger partial charge in [0.25, 0.3) is 0 Å².